The topological polar surface area (TPSA) is 112 Å². The molecule has 3 N–H and O–H groups in total. The minimum atomic E-state index is -1.00. The van der Waals surface area contributed by atoms with Gasteiger partial charge in [-0.2, -0.15) is 0 Å². The number of allylic oxidation sites excluding steroid dienone is 3. The van der Waals surface area contributed by atoms with Crippen molar-refractivity contribution in [2.75, 3.05) is 0 Å². The van der Waals surface area contributed by atoms with Crippen molar-refractivity contribution >= 4 is 17.5 Å². The fourth-order valence-electron chi connectivity index (χ4n) is 3.07. The zero-order valence-corrected chi connectivity index (χ0v) is 12.1. The smallest absolute Gasteiger partial charge is 0.303 e. The number of Topliss-reactive ketones (excluding diaryl/α,β-unsaturated/α-hetero) is 2. The van der Waals surface area contributed by atoms with E-state index in [4.69, 9.17) is 5.11 Å². The number of benzene rings is 1. The lowest BCUT2D eigenvalue weighted by molar-refractivity contribution is -0.136. The number of aromatic hydroxyl groups is 1. The summed E-state index contributed by atoms with van der Waals surface area (Å²) in [6.07, 6.45) is 0.568. The molecule has 0 saturated carbocycles. The minimum absolute atomic E-state index is 0.101. The van der Waals surface area contributed by atoms with E-state index < -0.39 is 11.8 Å². The highest BCUT2D eigenvalue weighted by Gasteiger charge is 2.38. The maximum atomic E-state index is 12.6. The quantitative estimate of drug-likeness (QED) is 0.790. The molecule has 1 aromatic rings. The molecular weight excluding hydrogens is 300 g/mol. The number of phenolic OH excluding ortho intramolecular Hbond substituents is 1. The molecule has 118 valence electrons. The second-order valence-electron chi connectivity index (χ2n) is 5.56. The molecule has 0 amide bonds. The van der Waals surface area contributed by atoms with Gasteiger partial charge in [0.15, 0.2) is 5.78 Å². The molecule has 6 nitrogen and oxygen atoms in total. The van der Waals surface area contributed by atoms with Gasteiger partial charge in [-0.25, -0.2) is 0 Å². The molecule has 0 heterocycles. The summed E-state index contributed by atoms with van der Waals surface area (Å²) in [5.74, 6) is -2.61. The van der Waals surface area contributed by atoms with Crippen LogP contribution in [0.15, 0.2) is 40.7 Å². The van der Waals surface area contributed by atoms with Crippen LogP contribution >= 0.6 is 0 Å². The van der Waals surface area contributed by atoms with E-state index in [1.165, 1.54) is 18.2 Å². The van der Waals surface area contributed by atoms with Gasteiger partial charge < -0.3 is 15.3 Å². The monoisotopic (exact) mass is 314 g/mol. The Morgan fingerprint density at radius 3 is 2.52 bits per heavy atom. The van der Waals surface area contributed by atoms with E-state index in [2.05, 4.69) is 0 Å². The zero-order chi connectivity index (χ0) is 16.7. The van der Waals surface area contributed by atoms with Crippen molar-refractivity contribution in [3.8, 4) is 5.75 Å². The molecule has 0 radical (unpaired) electrons. The van der Waals surface area contributed by atoms with Crippen molar-refractivity contribution in [1.29, 1.82) is 0 Å². The van der Waals surface area contributed by atoms with Crippen LogP contribution in [0, 0.1) is 0 Å². The Morgan fingerprint density at radius 1 is 1.09 bits per heavy atom. The molecular formula is C17H14O6. The highest BCUT2D eigenvalue weighted by molar-refractivity contribution is 6.29. The summed E-state index contributed by atoms with van der Waals surface area (Å²) >= 11 is 0. The highest BCUT2D eigenvalue weighted by Crippen LogP contribution is 2.40. The third-order valence-electron chi connectivity index (χ3n) is 4.21. The first-order chi connectivity index (χ1) is 10.9. The lowest BCUT2D eigenvalue weighted by Gasteiger charge is -2.26. The van der Waals surface area contributed by atoms with Crippen LogP contribution in [0.5, 0.6) is 5.75 Å². The number of hydrogen-bond donors (Lipinski definition) is 3. The van der Waals surface area contributed by atoms with Crippen LogP contribution < -0.4 is 0 Å². The Bertz CT molecular complexity index is 812. The van der Waals surface area contributed by atoms with Gasteiger partial charge in [-0.15, -0.1) is 0 Å². The van der Waals surface area contributed by atoms with Gasteiger partial charge in [-0.3, -0.25) is 14.4 Å². The van der Waals surface area contributed by atoms with E-state index in [-0.39, 0.29) is 58.8 Å². The van der Waals surface area contributed by atoms with Crippen molar-refractivity contribution in [3.63, 3.8) is 0 Å². The van der Waals surface area contributed by atoms with Crippen molar-refractivity contribution < 1.29 is 29.7 Å². The van der Waals surface area contributed by atoms with E-state index in [0.29, 0.717) is 12.0 Å². The van der Waals surface area contributed by atoms with Gasteiger partial charge in [-0.05, 0) is 30.9 Å². The van der Waals surface area contributed by atoms with Gasteiger partial charge in [0.25, 0.3) is 0 Å². The number of rotatable bonds is 3. The molecule has 23 heavy (non-hydrogen) atoms. The second kappa shape index (κ2) is 5.39. The Hall–Kier alpha value is -2.89. The van der Waals surface area contributed by atoms with Crippen LogP contribution in [0.3, 0.4) is 0 Å². The predicted molar refractivity (Wildman–Crippen MR) is 79.6 cm³/mol. The number of ketones is 2. The Labute approximate surface area is 131 Å². The predicted octanol–water partition coefficient (Wildman–Crippen LogP) is 2.54. The number of carboxylic acid groups (broad SMARTS) is 1. The summed E-state index contributed by atoms with van der Waals surface area (Å²) in [5.41, 5.74) is 0.601. The van der Waals surface area contributed by atoms with Crippen molar-refractivity contribution in [3.05, 3.63) is 51.8 Å². The molecule has 0 aliphatic heterocycles. The van der Waals surface area contributed by atoms with E-state index in [0.717, 1.165) is 0 Å². The Kier molecular flexibility index (Phi) is 3.52. The summed E-state index contributed by atoms with van der Waals surface area (Å²) in [7, 11) is 0. The van der Waals surface area contributed by atoms with Gasteiger partial charge in [0.05, 0.1) is 11.1 Å². The molecule has 0 atom stereocenters. The number of hydrogen-bond acceptors (Lipinski definition) is 5. The zero-order valence-electron chi connectivity index (χ0n) is 12.1. The maximum absolute atomic E-state index is 12.6. The number of aliphatic hydroxyl groups is 1. The third kappa shape index (κ3) is 2.32. The highest BCUT2D eigenvalue weighted by atomic mass is 16.4. The van der Waals surface area contributed by atoms with E-state index in [1.54, 1.807) is 0 Å². The lowest BCUT2D eigenvalue weighted by atomic mass is 9.76. The molecule has 0 unspecified atom stereocenters. The summed E-state index contributed by atoms with van der Waals surface area (Å²) in [4.78, 5) is 35.8. The SMILES string of the molecule is O=C(O)CCC1=C(O)C2=C(CC1)C(=O)c1cccc(O)c1C2=O. The normalized spacial score (nSPS) is 17.2. The van der Waals surface area contributed by atoms with E-state index in [9.17, 15) is 24.6 Å². The molecule has 2 aliphatic rings. The van der Waals surface area contributed by atoms with E-state index in [1.807, 2.05) is 0 Å². The molecule has 0 bridgehead atoms. The van der Waals surface area contributed by atoms with Crippen molar-refractivity contribution in [2.24, 2.45) is 0 Å². The second-order valence-corrected chi connectivity index (χ2v) is 5.56. The number of carbonyl (C=O) groups excluding carboxylic acids is 2. The number of fused-ring (bicyclic) bond motifs is 1. The van der Waals surface area contributed by atoms with Crippen LogP contribution in [0.1, 0.15) is 46.4 Å². The fraction of sp³-hybridized carbons (Fsp3) is 0.235. The summed E-state index contributed by atoms with van der Waals surface area (Å²) in [6, 6.07) is 4.27. The molecule has 3 rings (SSSR count). The number of carboxylic acids is 1. The van der Waals surface area contributed by atoms with Gasteiger partial charge in [0.2, 0.25) is 5.78 Å². The van der Waals surface area contributed by atoms with Gasteiger partial charge >= 0.3 is 5.97 Å². The summed E-state index contributed by atoms with van der Waals surface area (Å²) < 4.78 is 0. The van der Waals surface area contributed by atoms with Crippen LogP contribution in [0.25, 0.3) is 0 Å². The number of aliphatic hydroxyl groups excluding tert-OH is 1. The lowest BCUT2D eigenvalue weighted by Crippen LogP contribution is -2.26. The average Bonchev–Trinajstić information content (AvgIpc) is 2.51. The molecule has 0 fully saturated rings. The largest absolute Gasteiger partial charge is 0.507 e. The van der Waals surface area contributed by atoms with Crippen LogP contribution in [-0.4, -0.2) is 32.9 Å². The average molecular weight is 314 g/mol. The minimum Gasteiger partial charge on any atom is -0.507 e. The first-order valence-corrected chi connectivity index (χ1v) is 7.19. The number of phenols is 1. The van der Waals surface area contributed by atoms with Crippen molar-refractivity contribution in [2.45, 2.75) is 25.7 Å². The fourth-order valence-corrected chi connectivity index (χ4v) is 3.07. The maximum Gasteiger partial charge on any atom is 0.303 e. The van der Waals surface area contributed by atoms with Gasteiger partial charge in [-0.1, -0.05) is 12.1 Å². The van der Waals surface area contributed by atoms with E-state index >= 15 is 0 Å². The molecule has 2 aliphatic carbocycles. The third-order valence-corrected chi connectivity index (χ3v) is 4.21. The Balaban J connectivity index is 2.10. The number of aliphatic carboxylic acids is 1. The van der Waals surface area contributed by atoms with Crippen molar-refractivity contribution in [1.82, 2.24) is 0 Å². The van der Waals surface area contributed by atoms with Crippen LogP contribution in [0.2, 0.25) is 0 Å². The summed E-state index contributed by atoms with van der Waals surface area (Å²) in [6.45, 7) is 0. The van der Waals surface area contributed by atoms with Gasteiger partial charge in [0.1, 0.15) is 11.5 Å². The molecule has 1 aromatic carbocycles. The van der Waals surface area contributed by atoms with Gasteiger partial charge in [0, 0.05) is 17.6 Å². The number of carbonyl (C=O) groups is 3. The van der Waals surface area contributed by atoms with Crippen LogP contribution in [-0.2, 0) is 4.79 Å². The molecule has 0 saturated heterocycles. The first-order valence-electron chi connectivity index (χ1n) is 7.19. The molecule has 0 aromatic heterocycles. The molecule has 6 heteroatoms. The standard InChI is InChI=1S/C17H14O6/c18-11-3-1-2-9-13(11)17(23)14-10(16(9)22)6-4-8(15(14)21)5-7-12(19)20/h1-3,18,21H,4-7H2,(H,19,20). The first kappa shape index (κ1) is 15.0. The summed E-state index contributed by atoms with van der Waals surface area (Å²) in [5, 5.41) is 29.0. The molecule has 0 spiro atoms. The Morgan fingerprint density at radius 2 is 1.83 bits per heavy atom. The van der Waals surface area contributed by atoms with Crippen LogP contribution in [0.4, 0.5) is 0 Å².